The van der Waals surface area contributed by atoms with E-state index in [1.165, 1.54) is 32.2 Å². The van der Waals surface area contributed by atoms with Gasteiger partial charge in [0.15, 0.2) is 0 Å². The molecule has 0 bridgehead atoms. The normalized spacial score (nSPS) is 18.2. The lowest BCUT2D eigenvalue weighted by Gasteiger charge is -2.30. The molecule has 1 saturated carbocycles. The molecule has 1 aliphatic rings. The van der Waals surface area contributed by atoms with E-state index in [2.05, 4.69) is 31.0 Å². The molecular formula is C17H35N3O. The quantitative estimate of drug-likeness (QED) is 0.582. The van der Waals surface area contributed by atoms with E-state index in [9.17, 15) is 4.79 Å². The summed E-state index contributed by atoms with van der Waals surface area (Å²) in [6.45, 7) is 12.0. The van der Waals surface area contributed by atoms with Crippen molar-refractivity contribution in [3.05, 3.63) is 0 Å². The van der Waals surface area contributed by atoms with Crippen molar-refractivity contribution >= 4 is 5.91 Å². The summed E-state index contributed by atoms with van der Waals surface area (Å²) in [6, 6.07) is 0.509. The van der Waals surface area contributed by atoms with Crippen LogP contribution in [-0.4, -0.2) is 42.0 Å². The SMILES string of the molecule is CCC(CC)CN(CC)CCCC(C)(NC1CC1)C(N)=O. The van der Waals surface area contributed by atoms with Crippen LogP contribution in [0.15, 0.2) is 0 Å². The van der Waals surface area contributed by atoms with Crippen LogP contribution < -0.4 is 11.1 Å². The maximum Gasteiger partial charge on any atom is 0.237 e. The van der Waals surface area contributed by atoms with Crippen LogP contribution >= 0.6 is 0 Å². The Bertz CT molecular complexity index is 313. The first-order valence-electron chi connectivity index (χ1n) is 8.75. The van der Waals surface area contributed by atoms with Gasteiger partial charge >= 0.3 is 0 Å². The van der Waals surface area contributed by atoms with Crippen molar-refractivity contribution in [2.75, 3.05) is 19.6 Å². The molecule has 21 heavy (non-hydrogen) atoms. The van der Waals surface area contributed by atoms with Crippen LogP contribution in [0.1, 0.15) is 66.2 Å². The fourth-order valence-electron chi connectivity index (χ4n) is 2.89. The lowest BCUT2D eigenvalue weighted by molar-refractivity contribution is -0.124. The van der Waals surface area contributed by atoms with E-state index in [1.54, 1.807) is 0 Å². The summed E-state index contributed by atoms with van der Waals surface area (Å²) in [5.41, 5.74) is 5.07. The van der Waals surface area contributed by atoms with Crippen LogP contribution in [0.5, 0.6) is 0 Å². The van der Waals surface area contributed by atoms with Crippen molar-refractivity contribution in [3.63, 3.8) is 0 Å². The Morgan fingerprint density at radius 3 is 2.38 bits per heavy atom. The summed E-state index contributed by atoms with van der Waals surface area (Å²) in [7, 11) is 0. The fraction of sp³-hybridized carbons (Fsp3) is 0.941. The molecule has 0 saturated heterocycles. The van der Waals surface area contributed by atoms with Gasteiger partial charge in [0.25, 0.3) is 0 Å². The van der Waals surface area contributed by atoms with E-state index >= 15 is 0 Å². The van der Waals surface area contributed by atoms with E-state index in [-0.39, 0.29) is 5.91 Å². The molecule has 1 fully saturated rings. The molecule has 1 rings (SSSR count). The maximum atomic E-state index is 11.7. The molecule has 0 aromatic carbocycles. The zero-order valence-corrected chi connectivity index (χ0v) is 14.5. The Balaban J connectivity index is 2.38. The highest BCUT2D eigenvalue weighted by Crippen LogP contribution is 2.24. The number of rotatable bonds is 12. The number of hydrogen-bond donors (Lipinski definition) is 2. The van der Waals surface area contributed by atoms with E-state index < -0.39 is 5.54 Å². The summed E-state index contributed by atoms with van der Waals surface area (Å²) < 4.78 is 0. The van der Waals surface area contributed by atoms with Crippen molar-refractivity contribution < 1.29 is 4.79 Å². The lowest BCUT2D eigenvalue weighted by Crippen LogP contribution is -2.54. The van der Waals surface area contributed by atoms with E-state index in [4.69, 9.17) is 5.73 Å². The van der Waals surface area contributed by atoms with Crippen LogP contribution in [0.3, 0.4) is 0 Å². The Labute approximate surface area is 130 Å². The highest BCUT2D eigenvalue weighted by atomic mass is 16.1. The Morgan fingerprint density at radius 2 is 1.95 bits per heavy atom. The van der Waals surface area contributed by atoms with E-state index in [0.717, 1.165) is 31.8 Å². The minimum atomic E-state index is -0.532. The molecule has 3 N–H and O–H groups in total. The molecule has 4 heteroatoms. The number of primary amides is 1. The summed E-state index contributed by atoms with van der Waals surface area (Å²) >= 11 is 0. The Kier molecular flexibility index (Phi) is 7.67. The molecular weight excluding hydrogens is 262 g/mol. The molecule has 0 aliphatic heterocycles. The molecule has 0 radical (unpaired) electrons. The molecule has 1 unspecified atom stereocenters. The number of carbonyl (C=O) groups is 1. The number of nitrogens with two attached hydrogens (primary N) is 1. The summed E-state index contributed by atoms with van der Waals surface area (Å²) in [5.74, 6) is 0.578. The highest BCUT2D eigenvalue weighted by molar-refractivity contribution is 5.84. The number of amides is 1. The van der Waals surface area contributed by atoms with Crippen LogP contribution in [0.2, 0.25) is 0 Å². The first-order chi connectivity index (χ1) is 9.95. The average Bonchev–Trinajstić information content (AvgIpc) is 3.26. The second-order valence-electron chi connectivity index (χ2n) is 6.79. The third-order valence-electron chi connectivity index (χ3n) is 4.91. The van der Waals surface area contributed by atoms with Gasteiger partial charge in [-0.25, -0.2) is 0 Å². The van der Waals surface area contributed by atoms with Gasteiger partial charge in [-0.1, -0.05) is 33.6 Å². The fourth-order valence-corrected chi connectivity index (χ4v) is 2.89. The first-order valence-corrected chi connectivity index (χ1v) is 8.75. The van der Waals surface area contributed by atoms with Crippen molar-refractivity contribution in [2.45, 2.75) is 77.8 Å². The second kappa shape index (κ2) is 8.74. The van der Waals surface area contributed by atoms with Gasteiger partial charge in [0.2, 0.25) is 5.91 Å². The van der Waals surface area contributed by atoms with Crippen molar-refractivity contribution in [1.82, 2.24) is 10.2 Å². The van der Waals surface area contributed by atoms with Gasteiger partial charge in [-0.2, -0.15) is 0 Å². The minimum Gasteiger partial charge on any atom is -0.368 e. The molecule has 0 heterocycles. The molecule has 124 valence electrons. The van der Waals surface area contributed by atoms with E-state index in [0.29, 0.717) is 6.04 Å². The summed E-state index contributed by atoms with van der Waals surface area (Å²) in [5, 5.41) is 3.43. The van der Waals surface area contributed by atoms with E-state index in [1.807, 2.05) is 6.92 Å². The van der Waals surface area contributed by atoms with Gasteiger partial charge in [-0.05, 0) is 51.6 Å². The van der Waals surface area contributed by atoms with Gasteiger partial charge in [0, 0.05) is 12.6 Å². The Morgan fingerprint density at radius 1 is 1.33 bits per heavy atom. The molecule has 4 nitrogen and oxygen atoms in total. The highest BCUT2D eigenvalue weighted by Gasteiger charge is 2.36. The number of nitrogens with zero attached hydrogens (tertiary/aromatic N) is 1. The first kappa shape index (κ1) is 18.4. The van der Waals surface area contributed by atoms with Gasteiger partial charge in [-0.3, -0.25) is 4.79 Å². The van der Waals surface area contributed by atoms with Crippen molar-refractivity contribution in [3.8, 4) is 0 Å². The predicted molar refractivity (Wildman–Crippen MR) is 89.2 cm³/mol. The second-order valence-corrected chi connectivity index (χ2v) is 6.79. The molecule has 0 spiro atoms. The standard InChI is InChI=1S/C17H35N3O/c1-5-14(6-2)13-20(7-3)12-8-11-17(4,16(18)21)19-15-9-10-15/h14-15,19H,5-13H2,1-4H3,(H2,18,21). The third-order valence-corrected chi connectivity index (χ3v) is 4.91. The summed E-state index contributed by atoms with van der Waals surface area (Å²) in [6.07, 6.45) is 6.70. The smallest absolute Gasteiger partial charge is 0.237 e. The number of hydrogen-bond acceptors (Lipinski definition) is 3. The topological polar surface area (TPSA) is 58.4 Å². The minimum absolute atomic E-state index is 0.211. The van der Waals surface area contributed by atoms with Gasteiger partial charge < -0.3 is 16.0 Å². The molecule has 1 aliphatic carbocycles. The van der Waals surface area contributed by atoms with Gasteiger partial charge in [0.1, 0.15) is 0 Å². The molecule has 0 aromatic heterocycles. The third kappa shape index (κ3) is 6.35. The van der Waals surface area contributed by atoms with Crippen LogP contribution in [-0.2, 0) is 4.79 Å². The van der Waals surface area contributed by atoms with Gasteiger partial charge in [0.05, 0.1) is 5.54 Å². The number of nitrogens with one attached hydrogen (secondary N) is 1. The molecule has 0 aromatic rings. The monoisotopic (exact) mass is 297 g/mol. The Hall–Kier alpha value is -0.610. The summed E-state index contributed by atoms with van der Waals surface area (Å²) in [4.78, 5) is 14.3. The zero-order valence-electron chi connectivity index (χ0n) is 14.5. The van der Waals surface area contributed by atoms with Gasteiger partial charge in [-0.15, -0.1) is 0 Å². The maximum absolute atomic E-state index is 11.7. The van der Waals surface area contributed by atoms with Crippen molar-refractivity contribution in [2.24, 2.45) is 11.7 Å². The van der Waals surface area contributed by atoms with Crippen LogP contribution in [0.25, 0.3) is 0 Å². The zero-order chi connectivity index (χ0) is 15.9. The predicted octanol–water partition coefficient (Wildman–Crippen LogP) is 2.52. The lowest BCUT2D eigenvalue weighted by atomic mass is 9.94. The molecule has 1 atom stereocenters. The van der Waals surface area contributed by atoms with Crippen LogP contribution in [0.4, 0.5) is 0 Å². The van der Waals surface area contributed by atoms with Crippen molar-refractivity contribution in [1.29, 1.82) is 0 Å². The number of carbonyl (C=O) groups excluding carboxylic acids is 1. The average molecular weight is 297 g/mol. The molecule has 1 amide bonds. The van der Waals surface area contributed by atoms with Crippen LogP contribution in [0, 0.1) is 5.92 Å². The largest absolute Gasteiger partial charge is 0.368 e.